The van der Waals surface area contributed by atoms with E-state index in [-0.39, 0.29) is 23.7 Å². The van der Waals surface area contributed by atoms with Crippen molar-refractivity contribution in [2.75, 3.05) is 6.54 Å². The second-order valence-electron chi connectivity index (χ2n) is 5.07. The van der Waals surface area contributed by atoms with Crippen LogP contribution in [0.2, 0.25) is 0 Å². The Morgan fingerprint density at radius 2 is 1.89 bits per heavy atom. The number of rotatable bonds is 3. The Bertz CT molecular complexity index is 439. The van der Waals surface area contributed by atoms with Crippen LogP contribution in [0.15, 0.2) is 30.3 Å². The minimum Gasteiger partial charge on any atom is -0.332 e. The van der Waals surface area contributed by atoms with Gasteiger partial charge >= 0.3 is 0 Å². The average molecular weight is 245 g/mol. The number of nitrogens with zero attached hydrogens (tertiary/aromatic N) is 1. The molecular formula is C15H19NO2. The Hall–Kier alpha value is -1.64. The van der Waals surface area contributed by atoms with Crippen molar-refractivity contribution in [3.63, 3.8) is 0 Å². The molecule has 96 valence electrons. The van der Waals surface area contributed by atoms with Crippen LogP contribution in [0.3, 0.4) is 0 Å². The summed E-state index contributed by atoms with van der Waals surface area (Å²) in [6.07, 6.45) is 1.70. The van der Waals surface area contributed by atoms with Gasteiger partial charge in [-0.25, -0.2) is 0 Å². The Labute approximate surface area is 108 Å². The molecule has 0 bridgehead atoms. The van der Waals surface area contributed by atoms with E-state index in [1.54, 1.807) is 4.90 Å². The van der Waals surface area contributed by atoms with Crippen molar-refractivity contribution < 1.29 is 9.59 Å². The SMILES string of the molecule is CC(C)C(=O)N1CCCC1C(=O)c1ccccc1. The maximum Gasteiger partial charge on any atom is 0.225 e. The fourth-order valence-corrected chi connectivity index (χ4v) is 2.43. The van der Waals surface area contributed by atoms with E-state index in [4.69, 9.17) is 0 Å². The second kappa shape index (κ2) is 5.34. The maximum absolute atomic E-state index is 12.4. The van der Waals surface area contributed by atoms with E-state index in [0.717, 1.165) is 12.8 Å². The lowest BCUT2D eigenvalue weighted by atomic mass is 10.0. The highest BCUT2D eigenvalue weighted by Crippen LogP contribution is 2.23. The third-order valence-electron chi connectivity index (χ3n) is 3.39. The van der Waals surface area contributed by atoms with E-state index in [1.807, 2.05) is 44.2 Å². The first kappa shape index (κ1) is 12.8. The third kappa shape index (κ3) is 2.45. The van der Waals surface area contributed by atoms with Crippen LogP contribution in [-0.2, 0) is 4.79 Å². The van der Waals surface area contributed by atoms with Gasteiger partial charge in [-0.15, -0.1) is 0 Å². The van der Waals surface area contributed by atoms with Gasteiger partial charge in [-0.1, -0.05) is 44.2 Å². The van der Waals surface area contributed by atoms with Gasteiger partial charge in [0.1, 0.15) is 0 Å². The molecule has 1 aromatic carbocycles. The van der Waals surface area contributed by atoms with Crippen LogP contribution in [0.5, 0.6) is 0 Å². The van der Waals surface area contributed by atoms with E-state index in [9.17, 15) is 9.59 Å². The first-order valence-corrected chi connectivity index (χ1v) is 6.51. The zero-order valence-electron chi connectivity index (χ0n) is 10.9. The highest BCUT2D eigenvalue weighted by molar-refractivity contribution is 6.02. The molecule has 3 nitrogen and oxygen atoms in total. The van der Waals surface area contributed by atoms with Gasteiger partial charge in [-0.3, -0.25) is 9.59 Å². The molecule has 0 radical (unpaired) electrons. The van der Waals surface area contributed by atoms with Gasteiger partial charge in [0, 0.05) is 18.0 Å². The maximum atomic E-state index is 12.4. The van der Waals surface area contributed by atoms with Crippen LogP contribution in [0, 0.1) is 5.92 Å². The second-order valence-corrected chi connectivity index (χ2v) is 5.07. The lowest BCUT2D eigenvalue weighted by molar-refractivity contribution is -0.134. The highest BCUT2D eigenvalue weighted by Gasteiger charge is 2.35. The molecule has 3 heteroatoms. The minimum atomic E-state index is -0.262. The largest absolute Gasteiger partial charge is 0.332 e. The van der Waals surface area contributed by atoms with E-state index in [2.05, 4.69) is 0 Å². The lowest BCUT2D eigenvalue weighted by Crippen LogP contribution is -2.42. The minimum absolute atomic E-state index is 0.0471. The molecule has 0 aliphatic carbocycles. The number of carbonyl (C=O) groups excluding carboxylic acids is 2. The quantitative estimate of drug-likeness (QED) is 0.767. The highest BCUT2D eigenvalue weighted by atomic mass is 16.2. The number of hydrogen-bond donors (Lipinski definition) is 0. The van der Waals surface area contributed by atoms with Crippen LogP contribution in [-0.4, -0.2) is 29.2 Å². The van der Waals surface area contributed by atoms with Gasteiger partial charge < -0.3 is 4.90 Å². The van der Waals surface area contributed by atoms with E-state index in [1.165, 1.54) is 0 Å². The number of hydrogen-bond acceptors (Lipinski definition) is 2. The monoisotopic (exact) mass is 245 g/mol. The summed E-state index contributed by atoms with van der Waals surface area (Å²) < 4.78 is 0. The van der Waals surface area contributed by atoms with Crippen molar-refractivity contribution in [3.8, 4) is 0 Å². The Morgan fingerprint density at radius 1 is 1.22 bits per heavy atom. The van der Waals surface area contributed by atoms with Gasteiger partial charge in [-0.05, 0) is 12.8 Å². The smallest absolute Gasteiger partial charge is 0.225 e. The molecule has 0 spiro atoms. The topological polar surface area (TPSA) is 37.4 Å². The molecule has 1 unspecified atom stereocenters. The number of carbonyl (C=O) groups is 2. The molecule has 2 rings (SSSR count). The molecule has 1 heterocycles. The van der Waals surface area contributed by atoms with Crippen molar-refractivity contribution in [1.82, 2.24) is 4.90 Å². The summed E-state index contributed by atoms with van der Waals surface area (Å²) in [6, 6.07) is 8.98. The number of likely N-dealkylation sites (tertiary alicyclic amines) is 1. The molecule has 1 atom stereocenters. The lowest BCUT2D eigenvalue weighted by Gasteiger charge is -2.25. The first-order chi connectivity index (χ1) is 8.61. The molecule has 1 aliphatic rings. The number of benzene rings is 1. The zero-order valence-corrected chi connectivity index (χ0v) is 10.9. The number of ketones is 1. The van der Waals surface area contributed by atoms with Crippen LogP contribution >= 0.6 is 0 Å². The fourth-order valence-electron chi connectivity index (χ4n) is 2.43. The molecule has 1 aromatic rings. The molecule has 0 saturated carbocycles. The Morgan fingerprint density at radius 3 is 2.50 bits per heavy atom. The summed E-state index contributed by atoms with van der Waals surface area (Å²) in [6.45, 7) is 4.47. The standard InChI is InChI=1S/C15H19NO2/c1-11(2)15(18)16-10-6-9-13(16)14(17)12-7-4-3-5-8-12/h3-5,7-8,11,13H,6,9-10H2,1-2H3. The molecular weight excluding hydrogens is 226 g/mol. The predicted molar refractivity (Wildman–Crippen MR) is 70.3 cm³/mol. The Kier molecular flexibility index (Phi) is 3.80. The molecule has 1 amide bonds. The molecule has 0 aromatic heterocycles. The van der Waals surface area contributed by atoms with Crippen molar-refractivity contribution in [1.29, 1.82) is 0 Å². The van der Waals surface area contributed by atoms with Gasteiger partial charge in [0.25, 0.3) is 0 Å². The average Bonchev–Trinajstić information content (AvgIpc) is 2.87. The fraction of sp³-hybridized carbons (Fsp3) is 0.467. The molecule has 1 saturated heterocycles. The summed E-state index contributed by atoms with van der Waals surface area (Å²) in [5.41, 5.74) is 0.700. The van der Waals surface area contributed by atoms with Crippen molar-refractivity contribution >= 4 is 11.7 Å². The molecule has 1 aliphatic heterocycles. The van der Waals surface area contributed by atoms with Crippen LogP contribution < -0.4 is 0 Å². The summed E-state index contributed by atoms with van der Waals surface area (Å²) in [5, 5.41) is 0. The molecule has 18 heavy (non-hydrogen) atoms. The van der Waals surface area contributed by atoms with Gasteiger partial charge in [0.15, 0.2) is 5.78 Å². The molecule has 0 N–H and O–H groups in total. The number of Topliss-reactive ketones (excluding diaryl/α,β-unsaturated/α-hetero) is 1. The van der Waals surface area contributed by atoms with Gasteiger partial charge in [0.05, 0.1) is 6.04 Å². The van der Waals surface area contributed by atoms with Gasteiger partial charge in [0.2, 0.25) is 5.91 Å². The zero-order chi connectivity index (χ0) is 13.1. The van der Waals surface area contributed by atoms with E-state index < -0.39 is 0 Å². The summed E-state index contributed by atoms with van der Waals surface area (Å²) in [5.74, 6) is 0.109. The summed E-state index contributed by atoms with van der Waals surface area (Å²) in [4.78, 5) is 26.2. The normalized spacial score (nSPS) is 19.3. The number of amides is 1. The Balaban J connectivity index is 2.17. The van der Waals surface area contributed by atoms with Gasteiger partial charge in [-0.2, -0.15) is 0 Å². The van der Waals surface area contributed by atoms with Crippen molar-refractivity contribution in [2.45, 2.75) is 32.7 Å². The molecule has 1 fully saturated rings. The van der Waals surface area contributed by atoms with Crippen molar-refractivity contribution in [3.05, 3.63) is 35.9 Å². The van der Waals surface area contributed by atoms with Crippen LogP contribution in [0.4, 0.5) is 0 Å². The van der Waals surface area contributed by atoms with Crippen LogP contribution in [0.25, 0.3) is 0 Å². The van der Waals surface area contributed by atoms with Crippen LogP contribution in [0.1, 0.15) is 37.0 Å². The summed E-state index contributed by atoms with van der Waals surface area (Å²) >= 11 is 0. The third-order valence-corrected chi connectivity index (χ3v) is 3.39. The summed E-state index contributed by atoms with van der Waals surface area (Å²) in [7, 11) is 0. The van der Waals surface area contributed by atoms with E-state index in [0.29, 0.717) is 12.1 Å². The first-order valence-electron chi connectivity index (χ1n) is 6.51. The predicted octanol–water partition coefficient (Wildman–Crippen LogP) is 2.52. The van der Waals surface area contributed by atoms with Crippen molar-refractivity contribution in [2.24, 2.45) is 5.92 Å². The van der Waals surface area contributed by atoms with E-state index >= 15 is 0 Å².